The van der Waals surface area contributed by atoms with E-state index in [1.54, 1.807) is 30.0 Å². The molecule has 1 aliphatic heterocycles. The van der Waals surface area contributed by atoms with Gasteiger partial charge in [-0.25, -0.2) is 0 Å². The van der Waals surface area contributed by atoms with Crippen LogP contribution in [0.3, 0.4) is 0 Å². The van der Waals surface area contributed by atoms with Crippen molar-refractivity contribution < 1.29 is 9.90 Å². The Labute approximate surface area is 123 Å². The van der Waals surface area contributed by atoms with E-state index in [1.165, 1.54) is 0 Å². The van der Waals surface area contributed by atoms with Crippen molar-refractivity contribution in [2.24, 2.45) is 0 Å². The number of anilines is 2. The van der Waals surface area contributed by atoms with Crippen molar-refractivity contribution in [2.75, 3.05) is 17.2 Å². The van der Waals surface area contributed by atoms with Crippen LogP contribution in [0.5, 0.6) is 5.75 Å². The third-order valence-corrected chi connectivity index (χ3v) is 3.98. The van der Waals surface area contributed by atoms with Crippen LogP contribution in [0.2, 0.25) is 0 Å². The molecule has 0 radical (unpaired) electrons. The number of phenolic OH excluding ortho intramolecular Hbond substituents is 1. The number of hydrogen-bond donors (Lipinski definition) is 2. The standard InChI is InChI=1S/C17H18N2O2/c1-11-10-12(7-8-16(11)20)17(21)19-9-3-4-13-14(18)5-2-6-15(13)19/h2,5-8,10,20H,3-4,9,18H2,1H3. The first kappa shape index (κ1) is 13.5. The molecule has 0 atom stereocenters. The molecule has 2 aromatic rings. The van der Waals surface area contributed by atoms with E-state index >= 15 is 0 Å². The number of aryl methyl sites for hydroxylation is 1. The lowest BCUT2D eigenvalue weighted by Gasteiger charge is -2.30. The van der Waals surface area contributed by atoms with E-state index in [-0.39, 0.29) is 11.7 Å². The van der Waals surface area contributed by atoms with Crippen molar-refractivity contribution in [1.82, 2.24) is 0 Å². The van der Waals surface area contributed by atoms with Gasteiger partial charge in [-0.15, -0.1) is 0 Å². The fourth-order valence-electron chi connectivity index (χ4n) is 2.81. The maximum Gasteiger partial charge on any atom is 0.258 e. The van der Waals surface area contributed by atoms with E-state index in [4.69, 9.17) is 5.73 Å². The number of rotatable bonds is 1. The summed E-state index contributed by atoms with van der Waals surface area (Å²) in [7, 11) is 0. The molecule has 108 valence electrons. The van der Waals surface area contributed by atoms with Crippen molar-refractivity contribution in [1.29, 1.82) is 0 Å². The van der Waals surface area contributed by atoms with Crippen LogP contribution in [0.25, 0.3) is 0 Å². The number of nitrogens with two attached hydrogens (primary N) is 1. The van der Waals surface area contributed by atoms with E-state index in [2.05, 4.69) is 0 Å². The number of fused-ring (bicyclic) bond motifs is 1. The zero-order chi connectivity index (χ0) is 15.0. The number of aromatic hydroxyl groups is 1. The molecule has 0 fully saturated rings. The summed E-state index contributed by atoms with van der Waals surface area (Å²) in [5, 5.41) is 9.59. The Kier molecular flexibility index (Phi) is 3.29. The van der Waals surface area contributed by atoms with Gasteiger partial charge in [0, 0.05) is 23.5 Å². The number of nitrogens with zero attached hydrogens (tertiary/aromatic N) is 1. The Morgan fingerprint density at radius 2 is 2.10 bits per heavy atom. The third-order valence-electron chi connectivity index (χ3n) is 3.98. The maximum absolute atomic E-state index is 12.7. The predicted octanol–water partition coefficient (Wildman–Crippen LogP) is 2.88. The lowest BCUT2D eigenvalue weighted by atomic mass is 9.99. The van der Waals surface area contributed by atoms with Gasteiger partial charge >= 0.3 is 0 Å². The smallest absolute Gasteiger partial charge is 0.258 e. The van der Waals surface area contributed by atoms with Crippen LogP contribution in [-0.4, -0.2) is 17.6 Å². The zero-order valence-corrected chi connectivity index (χ0v) is 12.0. The maximum atomic E-state index is 12.7. The minimum absolute atomic E-state index is 0.0512. The molecule has 0 bridgehead atoms. The van der Waals surface area contributed by atoms with Crippen LogP contribution >= 0.6 is 0 Å². The normalized spacial score (nSPS) is 13.9. The van der Waals surface area contributed by atoms with E-state index in [0.717, 1.165) is 29.8 Å². The number of carbonyl (C=O) groups is 1. The fraction of sp³-hybridized carbons (Fsp3) is 0.235. The molecule has 3 rings (SSSR count). The molecule has 1 amide bonds. The molecule has 0 saturated carbocycles. The number of hydrogen-bond acceptors (Lipinski definition) is 3. The number of amides is 1. The van der Waals surface area contributed by atoms with Crippen molar-refractivity contribution >= 4 is 17.3 Å². The highest BCUT2D eigenvalue weighted by molar-refractivity contribution is 6.07. The summed E-state index contributed by atoms with van der Waals surface area (Å²) in [5.41, 5.74) is 9.99. The first-order valence-electron chi connectivity index (χ1n) is 7.07. The van der Waals surface area contributed by atoms with E-state index in [0.29, 0.717) is 17.7 Å². The Morgan fingerprint density at radius 3 is 2.86 bits per heavy atom. The number of phenols is 1. The summed E-state index contributed by atoms with van der Waals surface area (Å²) in [6.07, 6.45) is 1.81. The molecular weight excluding hydrogens is 264 g/mol. The molecule has 2 aromatic carbocycles. The second kappa shape index (κ2) is 5.13. The Bertz CT molecular complexity index is 710. The van der Waals surface area contributed by atoms with Crippen LogP contribution in [0.1, 0.15) is 27.9 Å². The monoisotopic (exact) mass is 282 g/mol. The highest BCUT2D eigenvalue weighted by Crippen LogP contribution is 2.32. The van der Waals surface area contributed by atoms with E-state index in [9.17, 15) is 9.90 Å². The van der Waals surface area contributed by atoms with Crippen molar-refractivity contribution in [3.63, 3.8) is 0 Å². The Balaban J connectivity index is 2.00. The van der Waals surface area contributed by atoms with Gasteiger partial charge in [-0.1, -0.05) is 6.07 Å². The van der Waals surface area contributed by atoms with Gasteiger partial charge in [-0.05, 0) is 61.2 Å². The first-order chi connectivity index (χ1) is 10.1. The lowest BCUT2D eigenvalue weighted by molar-refractivity contribution is 0.0985. The molecule has 0 unspecified atom stereocenters. The molecule has 0 saturated heterocycles. The molecule has 0 spiro atoms. The van der Waals surface area contributed by atoms with Gasteiger partial charge < -0.3 is 15.7 Å². The molecule has 0 aliphatic carbocycles. The quantitative estimate of drug-likeness (QED) is 0.790. The van der Waals surface area contributed by atoms with Gasteiger partial charge in [0.25, 0.3) is 5.91 Å². The average molecular weight is 282 g/mol. The minimum Gasteiger partial charge on any atom is -0.508 e. The number of carbonyl (C=O) groups excluding carboxylic acids is 1. The van der Waals surface area contributed by atoms with Crippen molar-refractivity contribution in [2.45, 2.75) is 19.8 Å². The summed E-state index contributed by atoms with van der Waals surface area (Å²) < 4.78 is 0. The van der Waals surface area contributed by atoms with Gasteiger partial charge in [0.1, 0.15) is 5.75 Å². The van der Waals surface area contributed by atoms with Crippen molar-refractivity contribution in [3.05, 3.63) is 53.1 Å². The van der Waals surface area contributed by atoms with Gasteiger partial charge in [0.05, 0.1) is 0 Å². The van der Waals surface area contributed by atoms with Gasteiger partial charge in [0.2, 0.25) is 0 Å². The summed E-state index contributed by atoms with van der Waals surface area (Å²) in [6, 6.07) is 10.6. The molecule has 4 heteroatoms. The molecule has 21 heavy (non-hydrogen) atoms. The molecule has 1 aliphatic rings. The van der Waals surface area contributed by atoms with Crippen LogP contribution in [0.4, 0.5) is 11.4 Å². The highest BCUT2D eigenvalue weighted by Gasteiger charge is 2.24. The summed E-state index contributed by atoms with van der Waals surface area (Å²) in [6.45, 7) is 2.48. The Morgan fingerprint density at radius 1 is 1.29 bits per heavy atom. The average Bonchev–Trinajstić information content (AvgIpc) is 2.49. The summed E-state index contributed by atoms with van der Waals surface area (Å²) in [4.78, 5) is 14.5. The van der Waals surface area contributed by atoms with E-state index in [1.807, 2.05) is 18.2 Å². The zero-order valence-electron chi connectivity index (χ0n) is 12.0. The second-order valence-corrected chi connectivity index (χ2v) is 5.41. The lowest BCUT2D eigenvalue weighted by Crippen LogP contribution is -2.35. The SMILES string of the molecule is Cc1cc(C(=O)N2CCCc3c(N)cccc32)ccc1O. The highest BCUT2D eigenvalue weighted by atomic mass is 16.3. The van der Waals surface area contributed by atoms with E-state index < -0.39 is 0 Å². The fourth-order valence-corrected chi connectivity index (χ4v) is 2.81. The van der Waals surface area contributed by atoms with Crippen LogP contribution < -0.4 is 10.6 Å². The summed E-state index contributed by atoms with van der Waals surface area (Å²) in [5.74, 6) is 0.152. The topological polar surface area (TPSA) is 66.6 Å². The third kappa shape index (κ3) is 2.33. The van der Waals surface area contributed by atoms with Gasteiger partial charge in [0.15, 0.2) is 0 Å². The molecule has 1 heterocycles. The minimum atomic E-state index is -0.0512. The van der Waals surface area contributed by atoms with Crippen LogP contribution in [-0.2, 0) is 6.42 Å². The molecule has 3 N–H and O–H groups in total. The summed E-state index contributed by atoms with van der Waals surface area (Å²) >= 11 is 0. The van der Waals surface area contributed by atoms with Gasteiger partial charge in [-0.3, -0.25) is 4.79 Å². The first-order valence-corrected chi connectivity index (χ1v) is 7.07. The molecule has 4 nitrogen and oxygen atoms in total. The van der Waals surface area contributed by atoms with Gasteiger partial charge in [-0.2, -0.15) is 0 Å². The number of benzene rings is 2. The number of nitrogen functional groups attached to an aromatic ring is 1. The van der Waals surface area contributed by atoms with Crippen molar-refractivity contribution in [3.8, 4) is 5.75 Å². The predicted molar refractivity (Wildman–Crippen MR) is 83.7 cm³/mol. The second-order valence-electron chi connectivity index (χ2n) is 5.41. The van der Waals surface area contributed by atoms with Crippen LogP contribution in [0.15, 0.2) is 36.4 Å². The molecular formula is C17H18N2O2. The largest absolute Gasteiger partial charge is 0.508 e. The Hall–Kier alpha value is -2.49. The van der Waals surface area contributed by atoms with Crippen LogP contribution in [0, 0.1) is 6.92 Å². The molecule has 0 aromatic heterocycles.